The van der Waals surface area contributed by atoms with Crippen molar-refractivity contribution < 1.29 is 29.3 Å². The van der Waals surface area contributed by atoms with Gasteiger partial charge in [0, 0.05) is 37.7 Å². The van der Waals surface area contributed by atoms with Crippen LogP contribution in [-0.2, 0) is 16.1 Å². The maximum Gasteiger partial charge on any atom is 0.335 e. The number of carbonyl (C=O) groups is 2. The van der Waals surface area contributed by atoms with Crippen LogP contribution in [0.15, 0.2) is 18.2 Å². The first-order valence-electron chi connectivity index (χ1n) is 7.90. The molecule has 0 bridgehead atoms. The minimum atomic E-state index is -0.996. The smallest absolute Gasteiger partial charge is 0.335 e. The van der Waals surface area contributed by atoms with Gasteiger partial charge in [-0.3, -0.25) is 9.69 Å². The Morgan fingerprint density at radius 2 is 2.21 bits per heavy atom. The molecule has 0 aliphatic carbocycles. The average molecular weight is 335 g/mol. The van der Waals surface area contributed by atoms with Gasteiger partial charge in [0.25, 0.3) is 0 Å². The van der Waals surface area contributed by atoms with Crippen LogP contribution in [0.1, 0.15) is 22.3 Å². The molecule has 0 unspecified atom stereocenters. The highest BCUT2D eigenvalue weighted by atomic mass is 16.5. The SMILES string of the molecule is COc1ccc(C(=O)O)cc1CN1C[C@@H]2COCC[C@]2(C(=O)O)C1. The third-order valence-corrected chi connectivity index (χ3v) is 5.12. The summed E-state index contributed by atoms with van der Waals surface area (Å²) in [5, 5.41) is 18.9. The Morgan fingerprint density at radius 3 is 2.83 bits per heavy atom. The van der Waals surface area contributed by atoms with Gasteiger partial charge in [-0.1, -0.05) is 0 Å². The van der Waals surface area contributed by atoms with E-state index in [1.807, 2.05) is 0 Å². The number of nitrogens with zero attached hydrogens (tertiary/aromatic N) is 1. The van der Waals surface area contributed by atoms with Crippen molar-refractivity contribution in [2.45, 2.75) is 13.0 Å². The number of fused-ring (bicyclic) bond motifs is 1. The molecule has 1 aromatic rings. The predicted molar refractivity (Wildman–Crippen MR) is 84.2 cm³/mol. The molecule has 7 nitrogen and oxygen atoms in total. The van der Waals surface area contributed by atoms with Gasteiger partial charge < -0.3 is 19.7 Å². The highest BCUT2D eigenvalue weighted by molar-refractivity contribution is 5.88. The molecule has 2 fully saturated rings. The Kier molecular flexibility index (Phi) is 4.47. The van der Waals surface area contributed by atoms with Gasteiger partial charge in [-0.25, -0.2) is 4.79 Å². The number of hydrogen-bond acceptors (Lipinski definition) is 5. The molecule has 2 saturated heterocycles. The van der Waals surface area contributed by atoms with E-state index in [0.717, 1.165) is 5.56 Å². The summed E-state index contributed by atoms with van der Waals surface area (Å²) in [7, 11) is 1.54. The summed E-state index contributed by atoms with van der Waals surface area (Å²) in [6.07, 6.45) is 0.510. The van der Waals surface area contributed by atoms with E-state index in [4.69, 9.17) is 14.6 Å². The van der Waals surface area contributed by atoms with Crippen molar-refractivity contribution in [2.75, 3.05) is 33.4 Å². The zero-order valence-corrected chi connectivity index (χ0v) is 13.5. The van der Waals surface area contributed by atoms with E-state index < -0.39 is 17.4 Å². The zero-order chi connectivity index (χ0) is 17.3. The monoisotopic (exact) mass is 335 g/mol. The van der Waals surface area contributed by atoms with Gasteiger partial charge in [0.15, 0.2) is 0 Å². The quantitative estimate of drug-likeness (QED) is 0.837. The molecule has 0 aromatic heterocycles. The lowest BCUT2D eigenvalue weighted by Gasteiger charge is -2.34. The Labute approximate surface area is 139 Å². The van der Waals surface area contributed by atoms with Crippen LogP contribution in [0.3, 0.4) is 0 Å². The van der Waals surface area contributed by atoms with Crippen LogP contribution in [0.4, 0.5) is 0 Å². The Bertz CT molecular complexity index is 660. The second kappa shape index (κ2) is 6.41. The first-order valence-corrected chi connectivity index (χ1v) is 7.90. The van der Waals surface area contributed by atoms with Crippen molar-refractivity contribution in [3.8, 4) is 5.75 Å². The molecule has 1 aromatic carbocycles. The van der Waals surface area contributed by atoms with Gasteiger partial charge in [-0.15, -0.1) is 0 Å². The topological polar surface area (TPSA) is 96.3 Å². The second-order valence-corrected chi connectivity index (χ2v) is 6.48. The Morgan fingerprint density at radius 1 is 1.42 bits per heavy atom. The van der Waals surface area contributed by atoms with E-state index in [2.05, 4.69) is 4.90 Å². The fourth-order valence-electron chi connectivity index (χ4n) is 3.80. The molecule has 130 valence electrons. The fourth-order valence-corrected chi connectivity index (χ4v) is 3.80. The number of hydrogen-bond donors (Lipinski definition) is 2. The van der Waals surface area contributed by atoms with Crippen LogP contribution in [0.5, 0.6) is 5.75 Å². The molecule has 2 aliphatic heterocycles. The van der Waals surface area contributed by atoms with Crippen LogP contribution in [0.25, 0.3) is 0 Å². The molecule has 0 spiro atoms. The maximum absolute atomic E-state index is 11.8. The van der Waals surface area contributed by atoms with Gasteiger partial charge in [-0.2, -0.15) is 0 Å². The first-order chi connectivity index (χ1) is 11.5. The van der Waals surface area contributed by atoms with Crippen LogP contribution in [-0.4, -0.2) is 60.5 Å². The molecule has 2 N–H and O–H groups in total. The van der Waals surface area contributed by atoms with Crippen LogP contribution >= 0.6 is 0 Å². The van der Waals surface area contributed by atoms with Crippen molar-refractivity contribution in [1.82, 2.24) is 4.90 Å². The molecule has 0 saturated carbocycles. The van der Waals surface area contributed by atoms with Crippen LogP contribution < -0.4 is 4.74 Å². The number of likely N-dealkylation sites (tertiary alicyclic amines) is 1. The Balaban J connectivity index is 1.83. The van der Waals surface area contributed by atoms with Crippen LogP contribution in [0, 0.1) is 11.3 Å². The molecule has 3 rings (SSSR count). The lowest BCUT2D eigenvalue weighted by Crippen LogP contribution is -2.44. The number of ether oxygens (including phenoxy) is 2. The fraction of sp³-hybridized carbons (Fsp3) is 0.529. The molecule has 0 radical (unpaired) electrons. The molecule has 7 heteroatoms. The number of rotatable bonds is 5. The minimum Gasteiger partial charge on any atom is -0.496 e. The highest BCUT2D eigenvalue weighted by Crippen LogP contribution is 2.43. The lowest BCUT2D eigenvalue weighted by molar-refractivity contribution is -0.157. The molecule has 24 heavy (non-hydrogen) atoms. The normalized spacial score (nSPS) is 26.8. The number of aliphatic carboxylic acids is 1. The third-order valence-electron chi connectivity index (χ3n) is 5.12. The van der Waals surface area contributed by atoms with Crippen molar-refractivity contribution >= 4 is 11.9 Å². The summed E-state index contributed by atoms with van der Waals surface area (Å²) in [6, 6.07) is 4.73. The van der Waals surface area contributed by atoms with E-state index in [1.54, 1.807) is 12.1 Å². The van der Waals surface area contributed by atoms with Crippen molar-refractivity contribution in [3.05, 3.63) is 29.3 Å². The molecular formula is C17H21NO6. The molecule has 0 amide bonds. The molecule has 2 atom stereocenters. The van der Waals surface area contributed by atoms with Crippen molar-refractivity contribution in [1.29, 1.82) is 0 Å². The van der Waals surface area contributed by atoms with Gasteiger partial charge >= 0.3 is 11.9 Å². The van der Waals surface area contributed by atoms with E-state index in [9.17, 15) is 14.7 Å². The summed E-state index contributed by atoms with van der Waals surface area (Å²) in [5.74, 6) is -1.21. The van der Waals surface area contributed by atoms with E-state index in [1.165, 1.54) is 13.2 Å². The van der Waals surface area contributed by atoms with Crippen molar-refractivity contribution in [2.24, 2.45) is 11.3 Å². The van der Waals surface area contributed by atoms with Gasteiger partial charge in [-0.05, 0) is 24.6 Å². The molecule has 2 aliphatic rings. The average Bonchev–Trinajstić information content (AvgIpc) is 2.94. The van der Waals surface area contributed by atoms with Gasteiger partial charge in [0.1, 0.15) is 5.75 Å². The number of aromatic carboxylic acids is 1. The number of benzene rings is 1. The zero-order valence-electron chi connectivity index (χ0n) is 13.5. The summed E-state index contributed by atoms with van der Waals surface area (Å²) < 4.78 is 10.8. The Hall–Kier alpha value is -2.12. The van der Waals surface area contributed by atoms with E-state index in [0.29, 0.717) is 45.0 Å². The molecular weight excluding hydrogens is 314 g/mol. The summed E-state index contributed by atoms with van der Waals surface area (Å²) in [5.41, 5.74) is 0.173. The first kappa shape index (κ1) is 16.7. The third kappa shape index (κ3) is 2.85. The maximum atomic E-state index is 11.8. The predicted octanol–water partition coefficient (Wildman–Crippen LogP) is 1.32. The van der Waals surface area contributed by atoms with E-state index >= 15 is 0 Å². The largest absolute Gasteiger partial charge is 0.496 e. The lowest BCUT2D eigenvalue weighted by atomic mass is 9.74. The van der Waals surface area contributed by atoms with Crippen LogP contribution in [0.2, 0.25) is 0 Å². The summed E-state index contributed by atoms with van der Waals surface area (Å²) >= 11 is 0. The summed E-state index contributed by atoms with van der Waals surface area (Å²) in [4.78, 5) is 25.1. The number of carboxylic acids is 2. The number of carboxylic acid groups (broad SMARTS) is 2. The van der Waals surface area contributed by atoms with E-state index in [-0.39, 0.29) is 11.5 Å². The summed E-state index contributed by atoms with van der Waals surface area (Å²) in [6.45, 7) is 2.43. The number of methoxy groups -OCH3 is 1. The minimum absolute atomic E-state index is 0.0441. The van der Waals surface area contributed by atoms with Gasteiger partial charge in [0.05, 0.1) is 24.7 Å². The highest BCUT2D eigenvalue weighted by Gasteiger charge is 2.53. The van der Waals surface area contributed by atoms with Gasteiger partial charge in [0.2, 0.25) is 0 Å². The van der Waals surface area contributed by atoms with Crippen molar-refractivity contribution in [3.63, 3.8) is 0 Å². The molecule has 2 heterocycles. The second-order valence-electron chi connectivity index (χ2n) is 6.48. The standard InChI is InChI=1S/C17H21NO6/c1-23-14-3-2-11(15(19)20)6-12(14)7-18-8-13-9-24-5-4-17(13,10-18)16(21)22/h2-3,6,13H,4-5,7-10H2,1H3,(H,19,20)(H,21,22)/t13-,17+/m1/s1.